The number of halogens is 1. The molecule has 6 heterocycles. The van der Waals surface area contributed by atoms with Crippen LogP contribution in [0.2, 0.25) is 0 Å². The molecule has 4 aromatic rings. The highest BCUT2D eigenvalue weighted by atomic mass is 35.5. The maximum absolute atomic E-state index is 13.8. The van der Waals surface area contributed by atoms with Crippen molar-refractivity contribution in [3.8, 4) is 11.1 Å². The number of H-pyrrole nitrogens is 1. The van der Waals surface area contributed by atoms with Crippen LogP contribution in [-0.4, -0.2) is 61.4 Å². The van der Waals surface area contributed by atoms with Crippen LogP contribution in [0.4, 0.5) is 11.6 Å². The zero-order valence-corrected chi connectivity index (χ0v) is 22.9. The van der Waals surface area contributed by atoms with Gasteiger partial charge in [0.1, 0.15) is 11.5 Å². The Bertz CT molecular complexity index is 1570. The number of carbonyl (C=O) groups excluding carboxylic acids is 1. The Hall–Kier alpha value is -3.47. The molecule has 1 fully saturated rings. The number of amides is 1. The molecule has 10 nitrogen and oxygen atoms in total. The van der Waals surface area contributed by atoms with E-state index in [-0.39, 0.29) is 36.4 Å². The molecular weight excluding hydrogens is 516 g/mol. The first kappa shape index (κ1) is 25.8. The molecule has 0 spiro atoms. The van der Waals surface area contributed by atoms with Gasteiger partial charge >= 0.3 is 0 Å². The van der Waals surface area contributed by atoms with Crippen molar-refractivity contribution in [1.82, 2.24) is 30.0 Å². The number of aliphatic hydroxyl groups excluding tert-OH is 1. The highest BCUT2D eigenvalue weighted by molar-refractivity contribution is 6.07. The van der Waals surface area contributed by atoms with Gasteiger partial charge in [0.15, 0.2) is 11.5 Å². The lowest BCUT2D eigenvalue weighted by atomic mass is 9.90. The summed E-state index contributed by atoms with van der Waals surface area (Å²) in [4.78, 5) is 24.6. The third-order valence-corrected chi connectivity index (χ3v) is 8.22. The van der Waals surface area contributed by atoms with Crippen molar-refractivity contribution in [3.63, 3.8) is 0 Å². The average Bonchev–Trinajstić information content (AvgIpc) is 3.69. The van der Waals surface area contributed by atoms with Gasteiger partial charge in [0.25, 0.3) is 5.91 Å². The van der Waals surface area contributed by atoms with Crippen LogP contribution >= 0.6 is 12.4 Å². The number of aliphatic hydroxyl groups is 1. The van der Waals surface area contributed by atoms with Crippen LogP contribution in [0.3, 0.4) is 0 Å². The summed E-state index contributed by atoms with van der Waals surface area (Å²) in [6.07, 6.45) is 6.45. The van der Waals surface area contributed by atoms with Gasteiger partial charge in [0.2, 0.25) is 0 Å². The highest BCUT2D eigenvalue weighted by Crippen LogP contribution is 2.41. The van der Waals surface area contributed by atoms with E-state index >= 15 is 0 Å². The summed E-state index contributed by atoms with van der Waals surface area (Å²) >= 11 is 0. The van der Waals surface area contributed by atoms with Gasteiger partial charge in [0, 0.05) is 49.3 Å². The number of nitrogens with zero attached hydrogens (tertiary/aromatic N) is 5. The number of aromatic nitrogens is 5. The summed E-state index contributed by atoms with van der Waals surface area (Å²) in [6.45, 7) is 7.39. The largest absolute Gasteiger partial charge is 0.392 e. The van der Waals surface area contributed by atoms with E-state index < -0.39 is 0 Å². The zero-order valence-electron chi connectivity index (χ0n) is 22.1. The minimum atomic E-state index is -0.245. The Morgan fingerprint density at radius 3 is 2.77 bits per heavy atom. The van der Waals surface area contributed by atoms with E-state index in [4.69, 9.17) is 0 Å². The Balaban J connectivity index is 0.00000277. The Morgan fingerprint density at radius 2 is 1.97 bits per heavy atom. The molecule has 11 heteroatoms. The van der Waals surface area contributed by atoms with Crippen LogP contribution in [0.5, 0.6) is 0 Å². The normalized spacial score (nSPS) is 19.7. The van der Waals surface area contributed by atoms with Gasteiger partial charge in [-0.25, -0.2) is 9.97 Å². The van der Waals surface area contributed by atoms with Crippen molar-refractivity contribution in [2.75, 3.05) is 29.9 Å². The molecule has 3 aliphatic rings. The molecule has 2 aliphatic heterocycles. The smallest absolute Gasteiger partial charge is 0.276 e. The molecular formula is C28H33ClN8O2. The number of anilines is 2. The fourth-order valence-corrected chi connectivity index (χ4v) is 6.49. The van der Waals surface area contributed by atoms with Crippen LogP contribution in [0.1, 0.15) is 47.6 Å². The molecule has 4 aromatic heterocycles. The minimum Gasteiger partial charge on any atom is -0.392 e. The number of carbonyl (C=O) groups is 1. The van der Waals surface area contributed by atoms with Gasteiger partial charge in [-0.3, -0.25) is 14.8 Å². The molecule has 1 atom stereocenters. The van der Waals surface area contributed by atoms with Crippen LogP contribution in [0.15, 0.2) is 30.6 Å². The van der Waals surface area contributed by atoms with Crippen molar-refractivity contribution in [2.45, 2.75) is 52.3 Å². The van der Waals surface area contributed by atoms with E-state index in [2.05, 4.69) is 55.3 Å². The standard InChI is InChI=1S/C28H32N8O2.ClH/c1-28(2)12-16-11-21-27(38)36(10-9-35(21)22(16)13-28)26-20(15-37)18(4-8-31-26)19-5-7-30-24-23(19)25(34-33-24)32-17-3-6-29-14-17;/h4-5,7-8,11,17,29,37H,3,6,9-10,12-15H2,1-2H3,(H2,30,32,33,34);1H/t17-;/m1./s1. The van der Waals surface area contributed by atoms with Gasteiger partial charge in [-0.2, -0.15) is 5.10 Å². The van der Waals surface area contributed by atoms with Crippen LogP contribution in [0.25, 0.3) is 22.2 Å². The molecule has 7 rings (SSSR count). The van der Waals surface area contributed by atoms with E-state index in [1.54, 1.807) is 17.3 Å². The zero-order chi connectivity index (χ0) is 26.0. The van der Waals surface area contributed by atoms with Crippen molar-refractivity contribution in [3.05, 3.63) is 53.1 Å². The molecule has 204 valence electrons. The first-order valence-electron chi connectivity index (χ1n) is 13.4. The van der Waals surface area contributed by atoms with Gasteiger partial charge in [-0.1, -0.05) is 13.8 Å². The third kappa shape index (κ3) is 4.18. The van der Waals surface area contributed by atoms with Crippen molar-refractivity contribution in [2.24, 2.45) is 5.41 Å². The maximum Gasteiger partial charge on any atom is 0.276 e. The second kappa shape index (κ2) is 9.62. The van der Waals surface area contributed by atoms with Crippen molar-refractivity contribution < 1.29 is 9.90 Å². The predicted molar refractivity (Wildman–Crippen MR) is 152 cm³/mol. The van der Waals surface area contributed by atoms with E-state index in [0.717, 1.165) is 54.7 Å². The maximum atomic E-state index is 13.8. The van der Waals surface area contributed by atoms with Gasteiger partial charge in [0.05, 0.1) is 12.0 Å². The average molecular weight is 549 g/mol. The first-order valence-corrected chi connectivity index (χ1v) is 13.4. The summed E-state index contributed by atoms with van der Waals surface area (Å²) in [5.74, 6) is 1.18. The van der Waals surface area contributed by atoms with E-state index in [0.29, 0.717) is 35.8 Å². The van der Waals surface area contributed by atoms with Gasteiger partial charge in [-0.15, -0.1) is 12.4 Å². The topological polar surface area (TPSA) is 124 Å². The molecule has 0 saturated carbocycles. The summed E-state index contributed by atoms with van der Waals surface area (Å²) in [5.41, 5.74) is 6.51. The minimum absolute atomic E-state index is 0. The van der Waals surface area contributed by atoms with Crippen molar-refractivity contribution >= 4 is 41.0 Å². The molecule has 0 radical (unpaired) electrons. The fourth-order valence-electron chi connectivity index (χ4n) is 6.49. The first-order chi connectivity index (χ1) is 18.4. The molecule has 4 N–H and O–H groups in total. The highest BCUT2D eigenvalue weighted by Gasteiger charge is 2.37. The monoisotopic (exact) mass is 548 g/mol. The fraction of sp³-hybridized carbons (Fsp3) is 0.429. The quantitative estimate of drug-likeness (QED) is 0.302. The SMILES string of the molecule is CC1(C)Cc2cc3n(c2C1)CCN(c1nccc(-c2ccnc4[nH]nc(N[C@@H]5CCNC5)c24)c1CO)C3=O.Cl. The lowest BCUT2D eigenvalue weighted by Gasteiger charge is -2.31. The lowest BCUT2D eigenvalue weighted by molar-refractivity contribution is 0.0962. The molecule has 0 bridgehead atoms. The number of pyridine rings is 2. The van der Waals surface area contributed by atoms with E-state index in [9.17, 15) is 9.90 Å². The third-order valence-electron chi connectivity index (χ3n) is 8.22. The molecule has 0 aromatic carbocycles. The van der Waals surface area contributed by atoms with Crippen LogP contribution < -0.4 is 15.5 Å². The Labute approximate surface area is 232 Å². The Morgan fingerprint density at radius 1 is 1.15 bits per heavy atom. The number of hydrogen-bond donors (Lipinski definition) is 4. The van der Waals surface area contributed by atoms with E-state index in [1.807, 2.05) is 12.1 Å². The summed E-state index contributed by atoms with van der Waals surface area (Å²) in [6, 6.07) is 6.18. The second-order valence-electron chi connectivity index (χ2n) is 11.4. The number of fused-ring (bicyclic) bond motifs is 4. The van der Waals surface area contributed by atoms with Crippen molar-refractivity contribution in [1.29, 1.82) is 0 Å². The molecule has 39 heavy (non-hydrogen) atoms. The Kier molecular flexibility index (Phi) is 6.36. The molecule has 1 aliphatic carbocycles. The predicted octanol–water partition coefficient (Wildman–Crippen LogP) is 3.29. The van der Waals surface area contributed by atoms with Gasteiger partial charge in [-0.05, 0) is 66.1 Å². The van der Waals surface area contributed by atoms with Crippen LogP contribution in [-0.2, 0) is 26.0 Å². The lowest BCUT2D eigenvalue weighted by Crippen LogP contribution is -2.41. The summed E-state index contributed by atoms with van der Waals surface area (Å²) in [7, 11) is 0. The summed E-state index contributed by atoms with van der Waals surface area (Å²) in [5, 5.41) is 25.9. The number of rotatable bonds is 5. The van der Waals surface area contributed by atoms with E-state index in [1.165, 1.54) is 11.3 Å². The number of aromatic amines is 1. The number of nitrogens with one attached hydrogen (secondary N) is 3. The van der Waals surface area contributed by atoms with Gasteiger partial charge < -0.3 is 20.3 Å². The molecule has 1 saturated heterocycles. The second-order valence-corrected chi connectivity index (χ2v) is 11.4. The molecule has 1 amide bonds. The number of hydrogen-bond acceptors (Lipinski definition) is 7. The summed E-state index contributed by atoms with van der Waals surface area (Å²) < 4.78 is 2.19. The molecule has 0 unspecified atom stereocenters. The van der Waals surface area contributed by atoms with Crippen LogP contribution in [0, 0.1) is 5.41 Å².